The molecule has 4 rings (SSSR count). The minimum atomic E-state index is -0.413. The fourth-order valence-electron chi connectivity index (χ4n) is 3.07. The predicted molar refractivity (Wildman–Crippen MR) is 121 cm³/mol. The second kappa shape index (κ2) is 8.96. The number of hydrogen-bond acceptors (Lipinski definition) is 3. The minimum absolute atomic E-state index is 0.195. The van der Waals surface area contributed by atoms with Gasteiger partial charge >= 0.3 is 0 Å². The number of anilines is 1. The van der Waals surface area contributed by atoms with Crippen LogP contribution in [0.4, 0.5) is 5.69 Å². The number of nitrogens with zero attached hydrogens (tertiary/aromatic N) is 1. The highest BCUT2D eigenvalue weighted by Gasteiger charge is 2.25. The number of carbonyl (C=O) groups is 2. The van der Waals surface area contributed by atoms with Crippen molar-refractivity contribution in [2.24, 2.45) is 0 Å². The summed E-state index contributed by atoms with van der Waals surface area (Å²) in [6.07, 6.45) is 3.41. The number of rotatable bonds is 6. The molecule has 0 radical (unpaired) electrons. The van der Waals surface area contributed by atoms with Crippen LogP contribution in [0.3, 0.4) is 0 Å². The Morgan fingerprint density at radius 1 is 0.968 bits per heavy atom. The molecule has 2 amide bonds. The van der Waals surface area contributed by atoms with Gasteiger partial charge in [-0.15, -0.1) is 0 Å². The number of hydrogen-bond donors (Lipinski definition) is 2. The summed E-state index contributed by atoms with van der Waals surface area (Å²) in [7, 11) is 0. The van der Waals surface area contributed by atoms with Crippen molar-refractivity contribution in [3.8, 4) is 0 Å². The first-order chi connectivity index (χ1) is 14.9. The molecule has 0 bridgehead atoms. The summed E-state index contributed by atoms with van der Waals surface area (Å²) in [5, 5.41) is 6.49. The Bertz CT molecular complexity index is 1220. The summed E-state index contributed by atoms with van der Waals surface area (Å²) >= 11 is 12.3. The lowest BCUT2D eigenvalue weighted by Crippen LogP contribution is -2.26. The summed E-state index contributed by atoms with van der Waals surface area (Å²) in [5.74, 6) is -0.680. The lowest BCUT2D eigenvalue weighted by atomic mass is 10.1. The molecule has 31 heavy (non-hydrogen) atoms. The van der Waals surface area contributed by atoms with Crippen LogP contribution >= 0.6 is 23.2 Å². The normalized spacial score (nSPS) is 13.0. The molecule has 0 atom stereocenters. The van der Waals surface area contributed by atoms with Gasteiger partial charge in [0.2, 0.25) is 0 Å². The summed E-state index contributed by atoms with van der Waals surface area (Å²) in [5.41, 5.74) is 1.55. The van der Waals surface area contributed by atoms with E-state index >= 15 is 0 Å². The van der Waals surface area contributed by atoms with Crippen molar-refractivity contribution in [2.75, 3.05) is 5.32 Å². The van der Waals surface area contributed by atoms with Gasteiger partial charge in [0.1, 0.15) is 0 Å². The van der Waals surface area contributed by atoms with E-state index in [-0.39, 0.29) is 24.1 Å². The quantitative estimate of drug-likeness (QED) is 0.579. The third-order valence-corrected chi connectivity index (χ3v) is 5.62. The lowest BCUT2D eigenvalue weighted by molar-refractivity contribution is 0.0949. The van der Waals surface area contributed by atoms with Crippen LogP contribution in [0.25, 0.3) is 0 Å². The van der Waals surface area contributed by atoms with Crippen LogP contribution in [0.5, 0.6) is 0 Å². The molecule has 3 aromatic rings. The van der Waals surface area contributed by atoms with Gasteiger partial charge in [0.15, 0.2) is 0 Å². The third-order valence-electron chi connectivity index (χ3n) is 4.93. The summed E-state index contributed by atoms with van der Waals surface area (Å²) < 4.78 is 1.42. The standard InChI is InChI=1S/C23H19Cl2N3O3/c24-19-4-2-1-3-14(19)12-28-13-15(5-10-21(28)29)22(30)27-17-8-9-20(25)18(11-17)23(31)26-16-6-7-16/h1-5,8-11,13,16H,6-7,12H2,(H,26,31)(H,27,30). The van der Waals surface area contributed by atoms with Gasteiger partial charge in [-0.2, -0.15) is 0 Å². The van der Waals surface area contributed by atoms with E-state index in [1.807, 2.05) is 18.2 Å². The van der Waals surface area contributed by atoms with Crippen LogP contribution in [0, 0.1) is 0 Å². The fraction of sp³-hybridized carbons (Fsp3) is 0.174. The Morgan fingerprint density at radius 3 is 2.48 bits per heavy atom. The van der Waals surface area contributed by atoms with Crippen molar-refractivity contribution >= 4 is 40.7 Å². The van der Waals surface area contributed by atoms with Crippen molar-refractivity contribution in [3.63, 3.8) is 0 Å². The van der Waals surface area contributed by atoms with Crippen molar-refractivity contribution in [2.45, 2.75) is 25.4 Å². The van der Waals surface area contributed by atoms with Crippen LogP contribution in [-0.2, 0) is 6.54 Å². The number of carbonyl (C=O) groups excluding carboxylic acids is 2. The molecule has 6 nitrogen and oxygen atoms in total. The first-order valence-electron chi connectivity index (χ1n) is 9.76. The number of pyridine rings is 1. The van der Waals surface area contributed by atoms with Crippen molar-refractivity contribution in [1.82, 2.24) is 9.88 Å². The molecule has 1 fully saturated rings. The van der Waals surface area contributed by atoms with Crippen LogP contribution in [-0.4, -0.2) is 22.4 Å². The monoisotopic (exact) mass is 455 g/mol. The number of benzene rings is 2. The zero-order valence-corrected chi connectivity index (χ0v) is 17.9. The molecule has 1 saturated carbocycles. The Kier molecular flexibility index (Phi) is 6.11. The maximum atomic E-state index is 12.8. The number of amides is 2. The highest BCUT2D eigenvalue weighted by molar-refractivity contribution is 6.34. The van der Waals surface area contributed by atoms with Gasteiger partial charge < -0.3 is 15.2 Å². The van der Waals surface area contributed by atoms with Crippen LogP contribution in [0.1, 0.15) is 39.1 Å². The highest BCUT2D eigenvalue weighted by atomic mass is 35.5. The van der Waals surface area contributed by atoms with Gasteiger partial charge in [-0.1, -0.05) is 41.4 Å². The Hall–Kier alpha value is -3.09. The maximum absolute atomic E-state index is 12.8. The molecule has 0 aliphatic heterocycles. The van der Waals surface area contributed by atoms with Crippen molar-refractivity contribution < 1.29 is 9.59 Å². The van der Waals surface area contributed by atoms with Gasteiger partial charge in [-0.05, 0) is 48.7 Å². The van der Waals surface area contributed by atoms with E-state index < -0.39 is 5.91 Å². The molecule has 1 aromatic heterocycles. The van der Waals surface area contributed by atoms with E-state index in [4.69, 9.17) is 23.2 Å². The van der Waals surface area contributed by atoms with Gasteiger partial charge in [0.05, 0.1) is 22.7 Å². The highest BCUT2D eigenvalue weighted by Crippen LogP contribution is 2.24. The Balaban J connectivity index is 1.53. The van der Waals surface area contributed by atoms with Crippen LogP contribution < -0.4 is 16.2 Å². The Morgan fingerprint density at radius 2 is 1.74 bits per heavy atom. The molecule has 1 aliphatic rings. The summed E-state index contributed by atoms with van der Waals surface area (Å²) in [6, 6.07) is 14.9. The second-order valence-corrected chi connectivity index (χ2v) is 8.19. The van der Waals surface area contributed by atoms with Gasteiger partial charge in [-0.3, -0.25) is 14.4 Å². The second-order valence-electron chi connectivity index (χ2n) is 7.37. The van der Waals surface area contributed by atoms with Crippen molar-refractivity contribution in [1.29, 1.82) is 0 Å². The first-order valence-corrected chi connectivity index (χ1v) is 10.5. The predicted octanol–water partition coefficient (Wildman–Crippen LogP) is 4.35. The molecule has 8 heteroatoms. The number of halogens is 2. The molecule has 2 aromatic carbocycles. The van der Waals surface area contributed by atoms with E-state index in [1.165, 1.54) is 29.0 Å². The van der Waals surface area contributed by atoms with Crippen LogP contribution in [0.15, 0.2) is 65.6 Å². The van der Waals surface area contributed by atoms with E-state index in [9.17, 15) is 14.4 Å². The summed E-state index contributed by atoms with van der Waals surface area (Å²) in [4.78, 5) is 37.4. The molecule has 158 valence electrons. The minimum Gasteiger partial charge on any atom is -0.349 e. The zero-order valence-electron chi connectivity index (χ0n) is 16.4. The molecule has 2 N–H and O–H groups in total. The van der Waals surface area contributed by atoms with Crippen molar-refractivity contribution in [3.05, 3.63) is 97.9 Å². The molecule has 0 spiro atoms. The molecular formula is C23H19Cl2N3O3. The largest absolute Gasteiger partial charge is 0.349 e. The Labute approximate surface area is 188 Å². The third kappa shape index (κ3) is 5.16. The smallest absolute Gasteiger partial charge is 0.257 e. The zero-order chi connectivity index (χ0) is 22.0. The molecule has 0 unspecified atom stereocenters. The molecule has 1 aliphatic carbocycles. The van der Waals surface area contributed by atoms with E-state index in [1.54, 1.807) is 18.2 Å². The first kappa shape index (κ1) is 21.2. The van der Waals surface area contributed by atoms with E-state index in [0.717, 1.165) is 18.4 Å². The molecular weight excluding hydrogens is 437 g/mol. The van der Waals surface area contributed by atoms with Gasteiger partial charge in [0, 0.05) is 29.0 Å². The number of nitrogens with one attached hydrogen (secondary N) is 2. The molecule has 1 heterocycles. The average molecular weight is 456 g/mol. The summed E-state index contributed by atoms with van der Waals surface area (Å²) in [6.45, 7) is 0.242. The molecule has 0 saturated heterocycles. The van der Waals surface area contributed by atoms with Crippen LogP contribution in [0.2, 0.25) is 10.0 Å². The van der Waals surface area contributed by atoms with E-state index in [0.29, 0.717) is 26.9 Å². The van der Waals surface area contributed by atoms with Gasteiger partial charge in [0.25, 0.3) is 17.4 Å². The average Bonchev–Trinajstić information content (AvgIpc) is 3.56. The lowest BCUT2D eigenvalue weighted by Gasteiger charge is -2.11. The SMILES string of the molecule is O=C(Nc1ccc(Cl)c(C(=O)NC2CC2)c1)c1ccc(=O)n(Cc2ccccc2Cl)c1. The number of aromatic nitrogens is 1. The van der Waals surface area contributed by atoms with E-state index in [2.05, 4.69) is 10.6 Å². The topological polar surface area (TPSA) is 80.2 Å². The van der Waals surface area contributed by atoms with Gasteiger partial charge in [-0.25, -0.2) is 0 Å². The fourth-order valence-corrected chi connectivity index (χ4v) is 3.47. The maximum Gasteiger partial charge on any atom is 0.257 e.